The molecular weight excluding hydrogens is 480 g/mol. The molecule has 1 atom stereocenters. The van der Waals surface area contributed by atoms with Crippen LogP contribution >= 0.6 is 0 Å². The van der Waals surface area contributed by atoms with Gasteiger partial charge >= 0.3 is 6.09 Å². The fraction of sp³-hybridized carbons (Fsp3) is 0.517. The van der Waals surface area contributed by atoms with Crippen LogP contribution in [0.2, 0.25) is 0 Å². The highest BCUT2D eigenvalue weighted by Crippen LogP contribution is 2.49. The molecule has 3 heterocycles. The van der Waals surface area contributed by atoms with E-state index in [1.807, 2.05) is 13.8 Å². The van der Waals surface area contributed by atoms with Crippen LogP contribution < -0.4 is 15.5 Å². The lowest BCUT2D eigenvalue weighted by Gasteiger charge is -2.45. The number of amides is 2. The molecule has 9 nitrogen and oxygen atoms in total. The summed E-state index contributed by atoms with van der Waals surface area (Å²) in [5.74, 6) is 1.87. The Bertz CT molecular complexity index is 1230. The van der Waals surface area contributed by atoms with Crippen molar-refractivity contribution < 1.29 is 14.3 Å². The number of carbonyl (C=O) groups excluding carboxylic acids is 2. The maximum Gasteiger partial charge on any atom is 0.416 e. The number of nitrogens with one attached hydrogen (secondary N) is 2. The second-order valence-electron chi connectivity index (χ2n) is 11.4. The van der Waals surface area contributed by atoms with E-state index in [1.165, 1.54) is 36.5 Å². The molecule has 9 heteroatoms. The zero-order valence-corrected chi connectivity index (χ0v) is 22.2. The number of aromatic nitrogens is 2. The van der Waals surface area contributed by atoms with E-state index in [0.29, 0.717) is 17.8 Å². The Balaban J connectivity index is 1.16. The number of cyclic esters (lactones) is 1. The van der Waals surface area contributed by atoms with E-state index < -0.39 is 0 Å². The molecule has 0 radical (unpaired) electrons. The lowest BCUT2D eigenvalue weighted by molar-refractivity contribution is -0.118. The highest BCUT2D eigenvalue weighted by molar-refractivity contribution is 5.89. The number of hydrogen-bond acceptors (Lipinski definition) is 7. The van der Waals surface area contributed by atoms with Gasteiger partial charge in [-0.2, -0.15) is 4.98 Å². The Labute approximate surface area is 223 Å². The normalized spacial score (nSPS) is 21.2. The van der Waals surface area contributed by atoms with Gasteiger partial charge in [0.15, 0.2) is 0 Å². The van der Waals surface area contributed by atoms with Gasteiger partial charge in [-0.3, -0.25) is 14.6 Å². The van der Waals surface area contributed by atoms with Gasteiger partial charge in [0.1, 0.15) is 12.4 Å². The zero-order valence-electron chi connectivity index (χ0n) is 22.2. The molecule has 2 saturated carbocycles. The zero-order chi connectivity index (χ0) is 26.4. The van der Waals surface area contributed by atoms with Gasteiger partial charge in [-0.25, -0.2) is 9.78 Å². The standard InChI is InChI=1S/C29H36N6O3/c1-4-25(36)31-23-15-34(16-23)24(13-19-5-6-19)20-7-9-22(10-8-20)29(11-12-29)33-27-30-14-21-17-38-28(37)35(18(2)3)26(21)32-27/h4,7-10,14,18-19,23-24H,1,5-6,11-13,15-17H2,2-3H3,(H,31,36)(H,30,32,33). The summed E-state index contributed by atoms with van der Waals surface area (Å²) in [4.78, 5) is 37.3. The fourth-order valence-electron chi connectivity index (χ4n) is 5.65. The Hall–Kier alpha value is -3.46. The van der Waals surface area contributed by atoms with Gasteiger partial charge < -0.3 is 15.4 Å². The van der Waals surface area contributed by atoms with E-state index in [0.717, 1.165) is 37.4 Å². The van der Waals surface area contributed by atoms with Crippen molar-refractivity contribution in [3.05, 3.63) is 59.8 Å². The maximum absolute atomic E-state index is 12.3. The highest BCUT2D eigenvalue weighted by Gasteiger charge is 2.45. The summed E-state index contributed by atoms with van der Waals surface area (Å²) in [5.41, 5.74) is 3.19. The second-order valence-corrected chi connectivity index (χ2v) is 11.4. The molecule has 0 spiro atoms. The van der Waals surface area contributed by atoms with Crippen LogP contribution in [-0.4, -0.2) is 52.0 Å². The van der Waals surface area contributed by atoms with Crippen LogP contribution in [0.15, 0.2) is 43.1 Å². The Kier molecular flexibility index (Phi) is 6.34. The van der Waals surface area contributed by atoms with Gasteiger partial charge in [0.25, 0.3) is 0 Å². The summed E-state index contributed by atoms with van der Waals surface area (Å²) >= 11 is 0. The summed E-state index contributed by atoms with van der Waals surface area (Å²) in [7, 11) is 0. The largest absolute Gasteiger partial charge is 0.444 e. The molecular formula is C29H36N6O3. The van der Waals surface area contributed by atoms with Crippen molar-refractivity contribution in [2.45, 2.75) is 76.2 Å². The van der Waals surface area contributed by atoms with Crippen molar-refractivity contribution in [2.24, 2.45) is 5.92 Å². The number of likely N-dealkylation sites (tertiary alicyclic amines) is 1. The minimum absolute atomic E-state index is 0.0599. The minimum Gasteiger partial charge on any atom is -0.444 e. The number of anilines is 2. The van der Waals surface area contributed by atoms with Crippen LogP contribution in [0.3, 0.4) is 0 Å². The van der Waals surface area contributed by atoms with Crippen molar-refractivity contribution in [1.82, 2.24) is 20.2 Å². The number of fused-ring (bicyclic) bond motifs is 1. The van der Waals surface area contributed by atoms with Crippen LogP contribution in [0.25, 0.3) is 0 Å². The molecule has 2 aliphatic heterocycles. The van der Waals surface area contributed by atoms with Crippen molar-refractivity contribution in [2.75, 3.05) is 23.3 Å². The second kappa shape index (κ2) is 9.69. The summed E-state index contributed by atoms with van der Waals surface area (Å²) in [5, 5.41) is 6.59. The first-order chi connectivity index (χ1) is 18.3. The molecule has 1 unspecified atom stereocenters. The highest BCUT2D eigenvalue weighted by atomic mass is 16.6. The van der Waals surface area contributed by atoms with Crippen LogP contribution in [0, 0.1) is 5.92 Å². The molecule has 4 aliphatic rings. The summed E-state index contributed by atoms with van der Waals surface area (Å²) in [6, 6.07) is 9.53. The molecule has 1 aromatic heterocycles. The van der Waals surface area contributed by atoms with Crippen LogP contribution in [0.4, 0.5) is 16.6 Å². The monoisotopic (exact) mass is 516 g/mol. The average Bonchev–Trinajstić information content (AvgIpc) is 3.82. The number of hydrogen-bond donors (Lipinski definition) is 2. The quantitative estimate of drug-likeness (QED) is 0.455. The van der Waals surface area contributed by atoms with Gasteiger partial charge in [0, 0.05) is 31.4 Å². The molecule has 200 valence electrons. The number of benzene rings is 1. The first-order valence-corrected chi connectivity index (χ1v) is 13.7. The number of ether oxygens (including phenoxy) is 1. The van der Waals surface area contributed by atoms with E-state index in [-0.39, 0.29) is 36.2 Å². The fourth-order valence-corrected chi connectivity index (χ4v) is 5.65. The van der Waals surface area contributed by atoms with Crippen LogP contribution in [-0.2, 0) is 21.7 Å². The van der Waals surface area contributed by atoms with E-state index in [9.17, 15) is 9.59 Å². The van der Waals surface area contributed by atoms with E-state index in [4.69, 9.17) is 9.72 Å². The predicted molar refractivity (Wildman–Crippen MR) is 145 cm³/mol. The maximum atomic E-state index is 12.3. The molecule has 3 fully saturated rings. The third-order valence-electron chi connectivity index (χ3n) is 8.22. The molecule has 38 heavy (non-hydrogen) atoms. The van der Waals surface area contributed by atoms with Gasteiger partial charge in [0.05, 0.1) is 17.1 Å². The van der Waals surface area contributed by atoms with E-state index in [2.05, 4.69) is 51.4 Å². The SMILES string of the molecule is C=CC(=O)NC1CN(C(CC2CC2)c2ccc(C3(Nc4ncc5c(n4)N(C(C)C)C(=O)OC5)CC3)cc2)C1. The topological polar surface area (TPSA) is 99.7 Å². The predicted octanol–water partition coefficient (Wildman–Crippen LogP) is 4.27. The third kappa shape index (κ3) is 4.87. The van der Waals surface area contributed by atoms with Crippen molar-refractivity contribution in [1.29, 1.82) is 0 Å². The first-order valence-electron chi connectivity index (χ1n) is 13.7. The summed E-state index contributed by atoms with van der Waals surface area (Å²) in [6.07, 6.45) is 8.54. The molecule has 1 saturated heterocycles. The van der Waals surface area contributed by atoms with Crippen molar-refractivity contribution in [3.8, 4) is 0 Å². The third-order valence-corrected chi connectivity index (χ3v) is 8.22. The van der Waals surface area contributed by atoms with Gasteiger partial charge in [-0.05, 0) is 56.2 Å². The van der Waals surface area contributed by atoms with Crippen molar-refractivity contribution >= 4 is 23.8 Å². The van der Waals surface area contributed by atoms with E-state index in [1.54, 1.807) is 11.1 Å². The molecule has 6 rings (SSSR count). The van der Waals surface area contributed by atoms with Crippen LogP contribution in [0.1, 0.15) is 68.7 Å². The minimum atomic E-state index is -0.369. The molecule has 2 aromatic rings. The number of rotatable bonds is 10. The average molecular weight is 517 g/mol. The van der Waals surface area contributed by atoms with Gasteiger partial charge in [-0.15, -0.1) is 0 Å². The Morgan fingerprint density at radius 1 is 1.24 bits per heavy atom. The molecule has 0 bridgehead atoms. The molecule has 2 N–H and O–H groups in total. The molecule has 2 amide bonds. The first kappa shape index (κ1) is 24.9. The van der Waals surface area contributed by atoms with Crippen LogP contribution in [0.5, 0.6) is 0 Å². The summed E-state index contributed by atoms with van der Waals surface area (Å²) < 4.78 is 5.28. The summed E-state index contributed by atoms with van der Waals surface area (Å²) in [6.45, 7) is 9.40. The number of carbonyl (C=O) groups is 2. The Morgan fingerprint density at radius 2 is 1.97 bits per heavy atom. The van der Waals surface area contributed by atoms with Gasteiger partial charge in [-0.1, -0.05) is 43.7 Å². The van der Waals surface area contributed by atoms with Crippen molar-refractivity contribution in [3.63, 3.8) is 0 Å². The van der Waals surface area contributed by atoms with Gasteiger partial charge in [0.2, 0.25) is 11.9 Å². The Morgan fingerprint density at radius 3 is 2.61 bits per heavy atom. The lowest BCUT2D eigenvalue weighted by atomic mass is 9.93. The van der Waals surface area contributed by atoms with E-state index >= 15 is 0 Å². The number of nitrogens with zero attached hydrogens (tertiary/aromatic N) is 4. The molecule has 2 aliphatic carbocycles. The smallest absolute Gasteiger partial charge is 0.416 e. The lowest BCUT2D eigenvalue weighted by Crippen LogP contribution is -2.59. The molecule has 1 aromatic carbocycles.